The van der Waals surface area contributed by atoms with Gasteiger partial charge in [0.15, 0.2) is 0 Å². The van der Waals surface area contributed by atoms with Crippen LogP contribution in [0.5, 0.6) is 0 Å². The molecule has 2 aromatic rings. The molecule has 0 amide bonds. The number of hydrogen-bond acceptors (Lipinski definition) is 3. The van der Waals surface area contributed by atoms with Crippen LogP contribution in [0.15, 0.2) is 34.1 Å². The lowest BCUT2D eigenvalue weighted by Crippen LogP contribution is -2.23. The van der Waals surface area contributed by atoms with Crippen molar-refractivity contribution in [3.05, 3.63) is 61.9 Å². The number of aromatic nitrogens is 1. The Kier molecular flexibility index (Phi) is 4.91. The molecule has 0 saturated carbocycles. The van der Waals surface area contributed by atoms with Gasteiger partial charge in [0.25, 0.3) is 5.56 Å². The zero-order valence-corrected chi connectivity index (χ0v) is 13.9. The highest BCUT2D eigenvalue weighted by Gasteiger charge is 2.19. The maximum atomic E-state index is 12.2. The van der Waals surface area contributed by atoms with Crippen LogP contribution in [0.4, 0.5) is 0 Å². The molecular weight excluding hydrogens is 316 g/mol. The molecule has 1 aliphatic rings. The third kappa shape index (κ3) is 3.24. The summed E-state index contributed by atoms with van der Waals surface area (Å²) in [5, 5.41) is 1.74. The fourth-order valence-corrected chi connectivity index (χ4v) is 4.27. The first-order valence-electron chi connectivity index (χ1n) is 7.53. The van der Waals surface area contributed by atoms with Gasteiger partial charge < -0.3 is 10.7 Å². The van der Waals surface area contributed by atoms with Crippen molar-refractivity contribution in [3.63, 3.8) is 0 Å². The normalized spacial score (nSPS) is 13.9. The SMILES string of the molecule is NCc1c2c(c(SCc3cccc(Cl)c3)[nH]c1=O)CCCC2. The molecule has 5 heteroatoms. The second-order valence-electron chi connectivity index (χ2n) is 5.55. The van der Waals surface area contributed by atoms with Gasteiger partial charge in [-0.05, 0) is 54.5 Å². The highest BCUT2D eigenvalue weighted by atomic mass is 35.5. The Morgan fingerprint density at radius 1 is 1.23 bits per heavy atom. The van der Waals surface area contributed by atoms with E-state index in [1.54, 1.807) is 11.8 Å². The molecule has 3 nitrogen and oxygen atoms in total. The lowest BCUT2D eigenvalue weighted by molar-refractivity contribution is 0.655. The summed E-state index contributed by atoms with van der Waals surface area (Å²) in [5.74, 6) is 0.797. The Bertz CT molecular complexity index is 742. The number of hydrogen-bond donors (Lipinski definition) is 2. The summed E-state index contributed by atoms with van der Waals surface area (Å²) in [6, 6.07) is 7.84. The number of halogens is 1. The predicted molar refractivity (Wildman–Crippen MR) is 92.6 cm³/mol. The molecule has 0 fully saturated rings. The molecule has 0 atom stereocenters. The van der Waals surface area contributed by atoms with E-state index in [1.807, 2.05) is 18.2 Å². The first-order valence-corrected chi connectivity index (χ1v) is 8.89. The van der Waals surface area contributed by atoms with Gasteiger partial charge in [-0.2, -0.15) is 0 Å². The maximum absolute atomic E-state index is 12.2. The van der Waals surface area contributed by atoms with Crippen LogP contribution < -0.4 is 11.3 Å². The Balaban J connectivity index is 1.90. The molecule has 0 aliphatic heterocycles. The van der Waals surface area contributed by atoms with E-state index in [0.717, 1.165) is 46.2 Å². The molecule has 1 aliphatic carbocycles. The van der Waals surface area contributed by atoms with Crippen LogP contribution in [-0.4, -0.2) is 4.98 Å². The van der Waals surface area contributed by atoms with Gasteiger partial charge in [-0.25, -0.2) is 0 Å². The molecule has 0 unspecified atom stereocenters. The summed E-state index contributed by atoms with van der Waals surface area (Å²) in [6.07, 6.45) is 4.31. The van der Waals surface area contributed by atoms with E-state index in [-0.39, 0.29) is 5.56 Å². The number of nitrogens with one attached hydrogen (secondary N) is 1. The summed E-state index contributed by atoms with van der Waals surface area (Å²) >= 11 is 7.70. The van der Waals surface area contributed by atoms with Crippen molar-refractivity contribution in [2.24, 2.45) is 5.73 Å². The summed E-state index contributed by atoms with van der Waals surface area (Å²) in [6.45, 7) is 0.316. The minimum absolute atomic E-state index is 0.0308. The fraction of sp³-hybridized carbons (Fsp3) is 0.353. The Labute approximate surface area is 139 Å². The molecule has 22 heavy (non-hydrogen) atoms. The lowest BCUT2D eigenvalue weighted by atomic mass is 9.90. The molecule has 0 bridgehead atoms. The predicted octanol–water partition coefficient (Wildman–Crippen LogP) is 3.66. The molecule has 1 heterocycles. The van der Waals surface area contributed by atoms with Crippen LogP contribution in [0, 0.1) is 0 Å². The van der Waals surface area contributed by atoms with Crippen LogP contribution in [0.1, 0.15) is 35.1 Å². The van der Waals surface area contributed by atoms with Crippen molar-refractivity contribution in [1.82, 2.24) is 4.98 Å². The monoisotopic (exact) mass is 334 g/mol. The maximum Gasteiger partial charge on any atom is 0.253 e. The topological polar surface area (TPSA) is 58.9 Å². The summed E-state index contributed by atoms with van der Waals surface area (Å²) in [5.41, 5.74) is 10.1. The summed E-state index contributed by atoms with van der Waals surface area (Å²) < 4.78 is 0. The van der Waals surface area contributed by atoms with Gasteiger partial charge in [-0.3, -0.25) is 4.79 Å². The largest absolute Gasteiger partial charge is 0.326 e. The molecular formula is C17H19ClN2OS. The number of rotatable bonds is 4. The van der Waals surface area contributed by atoms with Crippen molar-refractivity contribution in [1.29, 1.82) is 0 Å². The minimum Gasteiger partial charge on any atom is -0.326 e. The third-order valence-corrected chi connectivity index (χ3v) is 5.43. The van der Waals surface area contributed by atoms with E-state index in [2.05, 4.69) is 11.1 Å². The van der Waals surface area contributed by atoms with E-state index in [1.165, 1.54) is 17.5 Å². The standard InChI is InChI=1S/C17H19ClN2OS/c18-12-5-3-4-11(8-12)10-22-17-14-7-2-1-6-13(14)15(9-19)16(21)20-17/h3-5,8H,1-2,6-7,9-10,19H2,(H,20,21). The molecule has 116 valence electrons. The van der Waals surface area contributed by atoms with Crippen LogP contribution in [0.25, 0.3) is 0 Å². The molecule has 1 aromatic heterocycles. The van der Waals surface area contributed by atoms with Gasteiger partial charge in [-0.1, -0.05) is 23.7 Å². The first-order chi connectivity index (χ1) is 10.7. The van der Waals surface area contributed by atoms with Gasteiger partial charge >= 0.3 is 0 Å². The van der Waals surface area contributed by atoms with Gasteiger partial charge in [0, 0.05) is 22.9 Å². The van der Waals surface area contributed by atoms with E-state index < -0.39 is 0 Å². The third-order valence-electron chi connectivity index (χ3n) is 4.08. The number of nitrogens with two attached hydrogens (primary N) is 1. The zero-order chi connectivity index (χ0) is 15.5. The van der Waals surface area contributed by atoms with E-state index in [0.29, 0.717) is 6.54 Å². The number of benzene rings is 1. The molecule has 0 saturated heterocycles. The first kappa shape index (κ1) is 15.7. The minimum atomic E-state index is -0.0308. The summed E-state index contributed by atoms with van der Waals surface area (Å²) in [7, 11) is 0. The number of fused-ring (bicyclic) bond motifs is 1. The Hall–Kier alpha value is -1.23. The highest BCUT2D eigenvalue weighted by Crippen LogP contribution is 2.32. The van der Waals surface area contributed by atoms with E-state index in [4.69, 9.17) is 17.3 Å². The van der Waals surface area contributed by atoms with Crippen LogP contribution in [0.2, 0.25) is 5.02 Å². The van der Waals surface area contributed by atoms with Gasteiger partial charge in [-0.15, -0.1) is 11.8 Å². The fourth-order valence-electron chi connectivity index (χ4n) is 3.00. The van der Waals surface area contributed by atoms with Crippen molar-refractivity contribution in [3.8, 4) is 0 Å². The Morgan fingerprint density at radius 3 is 2.73 bits per heavy atom. The van der Waals surface area contributed by atoms with Crippen molar-refractivity contribution >= 4 is 23.4 Å². The number of thioether (sulfide) groups is 1. The average molecular weight is 335 g/mol. The summed E-state index contributed by atoms with van der Waals surface area (Å²) in [4.78, 5) is 15.3. The lowest BCUT2D eigenvalue weighted by Gasteiger charge is -2.21. The molecule has 3 rings (SSSR count). The van der Waals surface area contributed by atoms with Gasteiger partial charge in [0.05, 0.1) is 5.03 Å². The van der Waals surface area contributed by atoms with Gasteiger partial charge in [0.2, 0.25) is 0 Å². The van der Waals surface area contributed by atoms with E-state index in [9.17, 15) is 4.79 Å². The smallest absolute Gasteiger partial charge is 0.253 e. The van der Waals surface area contributed by atoms with Crippen molar-refractivity contribution in [2.45, 2.75) is 43.0 Å². The second kappa shape index (κ2) is 6.90. The molecule has 1 aromatic carbocycles. The molecule has 0 spiro atoms. The Morgan fingerprint density at radius 2 is 2.00 bits per heavy atom. The van der Waals surface area contributed by atoms with Crippen molar-refractivity contribution < 1.29 is 0 Å². The number of H-pyrrole nitrogens is 1. The van der Waals surface area contributed by atoms with Crippen LogP contribution in [-0.2, 0) is 25.1 Å². The van der Waals surface area contributed by atoms with Crippen molar-refractivity contribution in [2.75, 3.05) is 0 Å². The van der Waals surface area contributed by atoms with Gasteiger partial charge in [0.1, 0.15) is 0 Å². The zero-order valence-electron chi connectivity index (χ0n) is 12.3. The number of aromatic amines is 1. The molecule has 0 radical (unpaired) electrons. The quantitative estimate of drug-likeness (QED) is 0.839. The molecule has 3 N–H and O–H groups in total. The highest BCUT2D eigenvalue weighted by molar-refractivity contribution is 7.98. The second-order valence-corrected chi connectivity index (χ2v) is 6.97. The van der Waals surface area contributed by atoms with Crippen LogP contribution >= 0.6 is 23.4 Å². The number of pyridine rings is 1. The van der Waals surface area contributed by atoms with Crippen LogP contribution in [0.3, 0.4) is 0 Å². The van der Waals surface area contributed by atoms with E-state index >= 15 is 0 Å². The average Bonchev–Trinajstić information content (AvgIpc) is 2.53.